The van der Waals surface area contributed by atoms with E-state index in [0.717, 1.165) is 0 Å². The molecule has 0 heterocycles. The summed E-state index contributed by atoms with van der Waals surface area (Å²) in [6.07, 6.45) is -9.84. The van der Waals surface area contributed by atoms with Crippen molar-refractivity contribution in [1.29, 1.82) is 0 Å². The molecule has 1 rings (SSSR count). The highest BCUT2D eigenvalue weighted by Gasteiger charge is 2.47. The van der Waals surface area contributed by atoms with Crippen LogP contribution in [0.1, 0.15) is 0 Å². The summed E-state index contributed by atoms with van der Waals surface area (Å²) in [7, 11) is 0. The smallest absolute Gasteiger partial charge is 0.111 e. The average Bonchev–Trinajstić information content (AvgIpc) is 2.08. The van der Waals surface area contributed by atoms with Crippen LogP contribution in [0.25, 0.3) is 0 Å². The zero-order valence-electron chi connectivity index (χ0n) is 6.15. The molecule has 0 radical (unpaired) electrons. The van der Waals surface area contributed by atoms with Crippen molar-refractivity contribution in [3.05, 3.63) is 0 Å². The van der Waals surface area contributed by atoms with Gasteiger partial charge in [0.05, 0.1) is 0 Å². The number of aliphatic hydroxyl groups is 6. The van der Waals surface area contributed by atoms with E-state index in [1.165, 1.54) is 0 Å². The van der Waals surface area contributed by atoms with Crippen LogP contribution in [0.2, 0.25) is 0 Å². The van der Waals surface area contributed by atoms with Crippen molar-refractivity contribution in [2.24, 2.45) is 0 Å². The predicted octanol–water partition coefficient (Wildman–Crippen LogP) is -3.83. The highest BCUT2D eigenvalue weighted by Crippen LogP contribution is 2.20. The quantitative estimate of drug-likeness (QED) is 0.227. The molecular weight excluding hydrogens is 168 g/mol. The van der Waals surface area contributed by atoms with E-state index in [1.807, 2.05) is 0 Å². The Balaban J connectivity index is 2.76. The molecule has 0 aliphatic heterocycles. The van der Waals surface area contributed by atoms with Gasteiger partial charge in [0, 0.05) is 0 Å². The first-order valence-corrected chi connectivity index (χ1v) is 3.55. The number of hydrogen-bond acceptors (Lipinski definition) is 6. The molecule has 0 atom stereocenters. The Morgan fingerprint density at radius 2 is 0.417 bits per heavy atom. The molecule has 72 valence electrons. The third-order valence-electron chi connectivity index (χ3n) is 2.10. The van der Waals surface area contributed by atoms with Gasteiger partial charge >= 0.3 is 0 Å². The molecule has 0 aromatic heterocycles. The second kappa shape index (κ2) is 3.25. The van der Waals surface area contributed by atoms with Crippen LogP contribution >= 0.6 is 0 Å². The first-order chi connectivity index (χ1) is 5.46. The van der Waals surface area contributed by atoms with Gasteiger partial charge in [-0.3, -0.25) is 0 Å². The standard InChI is InChI=1S/C6H12O6/c7-1-2(8)4(10)6(12)5(11)3(1)9/h1-12H/t1-,2-,3?,4?,5-,6?/m1/s1. The maximum atomic E-state index is 8.97. The molecule has 1 aliphatic carbocycles. The maximum Gasteiger partial charge on any atom is 0.111 e. The third-order valence-corrected chi connectivity index (χ3v) is 2.10. The van der Waals surface area contributed by atoms with Gasteiger partial charge in [-0.2, -0.15) is 0 Å². The van der Waals surface area contributed by atoms with Crippen molar-refractivity contribution in [2.45, 2.75) is 36.6 Å². The Morgan fingerprint density at radius 3 is 0.500 bits per heavy atom. The van der Waals surface area contributed by atoms with Crippen molar-refractivity contribution in [1.82, 2.24) is 0 Å². The lowest BCUT2D eigenvalue weighted by molar-refractivity contribution is -0.223. The van der Waals surface area contributed by atoms with E-state index >= 15 is 0 Å². The Labute approximate surface area is 68.3 Å². The molecule has 0 aromatic carbocycles. The molecule has 1 fully saturated rings. The van der Waals surface area contributed by atoms with Gasteiger partial charge in [-0.15, -0.1) is 0 Å². The number of rotatable bonds is 0. The monoisotopic (exact) mass is 180 g/mol. The molecule has 6 nitrogen and oxygen atoms in total. The van der Waals surface area contributed by atoms with Crippen molar-refractivity contribution < 1.29 is 30.6 Å². The molecular formula is C6H12O6. The molecule has 0 spiro atoms. The van der Waals surface area contributed by atoms with Crippen LogP contribution in [0.5, 0.6) is 0 Å². The van der Waals surface area contributed by atoms with Crippen LogP contribution in [-0.2, 0) is 0 Å². The SMILES string of the molecule is OC1C(O)[C@H](O)[C@@H](O)C(O)[C@H]1O. The Morgan fingerprint density at radius 1 is 0.333 bits per heavy atom. The summed E-state index contributed by atoms with van der Waals surface area (Å²) in [5.41, 5.74) is 0. The molecule has 0 bridgehead atoms. The Kier molecular flexibility index (Phi) is 2.67. The average molecular weight is 180 g/mol. The van der Waals surface area contributed by atoms with E-state index in [0.29, 0.717) is 0 Å². The molecule has 12 heavy (non-hydrogen) atoms. The molecule has 1 aliphatic rings. The van der Waals surface area contributed by atoms with Crippen molar-refractivity contribution in [3.63, 3.8) is 0 Å². The summed E-state index contributed by atoms with van der Waals surface area (Å²) in [6.45, 7) is 0. The minimum absolute atomic E-state index is 1.64. The fourth-order valence-electron chi connectivity index (χ4n) is 1.21. The molecule has 1 saturated carbocycles. The topological polar surface area (TPSA) is 121 Å². The van der Waals surface area contributed by atoms with Gasteiger partial charge in [-0.25, -0.2) is 0 Å². The van der Waals surface area contributed by atoms with Gasteiger partial charge in [-0.1, -0.05) is 0 Å². The van der Waals surface area contributed by atoms with E-state index in [1.54, 1.807) is 0 Å². The van der Waals surface area contributed by atoms with Gasteiger partial charge in [-0.05, 0) is 0 Å². The van der Waals surface area contributed by atoms with Crippen LogP contribution in [0, 0.1) is 0 Å². The molecule has 6 heteroatoms. The summed E-state index contributed by atoms with van der Waals surface area (Å²) in [6, 6.07) is 0. The third kappa shape index (κ3) is 1.33. The van der Waals surface area contributed by atoms with E-state index in [9.17, 15) is 0 Å². The maximum absolute atomic E-state index is 8.97. The predicted molar refractivity (Wildman–Crippen MR) is 36.0 cm³/mol. The highest BCUT2D eigenvalue weighted by molar-refractivity contribution is 4.98. The first-order valence-electron chi connectivity index (χ1n) is 3.55. The van der Waals surface area contributed by atoms with Crippen LogP contribution in [0.3, 0.4) is 0 Å². The molecule has 0 aromatic rings. The summed E-state index contributed by atoms with van der Waals surface area (Å²) in [4.78, 5) is 0. The van der Waals surface area contributed by atoms with Crippen LogP contribution in [-0.4, -0.2) is 67.3 Å². The van der Waals surface area contributed by atoms with Crippen molar-refractivity contribution in [2.75, 3.05) is 0 Å². The lowest BCUT2D eigenvalue weighted by atomic mass is 9.85. The fourth-order valence-corrected chi connectivity index (χ4v) is 1.21. The zero-order chi connectivity index (χ0) is 9.46. The highest BCUT2D eigenvalue weighted by atomic mass is 16.4. The lowest BCUT2D eigenvalue weighted by Gasteiger charge is -2.39. The summed E-state index contributed by atoms with van der Waals surface area (Å²) in [5, 5.41) is 53.8. The lowest BCUT2D eigenvalue weighted by Crippen LogP contribution is -2.63. The first kappa shape index (κ1) is 9.85. The van der Waals surface area contributed by atoms with Gasteiger partial charge in [0.15, 0.2) is 0 Å². The zero-order valence-corrected chi connectivity index (χ0v) is 6.15. The molecule has 6 N–H and O–H groups in total. The van der Waals surface area contributed by atoms with Gasteiger partial charge < -0.3 is 30.6 Å². The van der Waals surface area contributed by atoms with Crippen LogP contribution in [0.15, 0.2) is 0 Å². The summed E-state index contributed by atoms with van der Waals surface area (Å²) < 4.78 is 0. The summed E-state index contributed by atoms with van der Waals surface area (Å²) >= 11 is 0. The normalized spacial score (nSPS) is 55.5. The minimum Gasteiger partial charge on any atom is -0.387 e. The second-order valence-electron chi connectivity index (χ2n) is 2.94. The summed E-state index contributed by atoms with van der Waals surface area (Å²) in [5.74, 6) is 0. The van der Waals surface area contributed by atoms with Gasteiger partial charge in [0.25, 0.3) is 0 Å². The van der Waals surface area contributed by atoms with Gasteiger partial charge in [0.1, 0.15) is 36.6 Å². The Bertz CT molecular complexity index is 104. The van der Waals surface area contributed by atoms with Crippen LogP contribution < -0.4 is 0 Å². The van der Waals surface area contributed by atoms with E-state index in [-0.39, 0.29) is 0 Å². The molecule has 0 amide bonds. The van der Waals surface area contributed by atoms with E-state index < -0.39 is 36.6 Å². The van der Waals surface area contributed by atoms with Crippen molar-refractivity contribution >= 4 is 0 Å². The van der Waals surface area contributed by atoms with Crippen molar-refractivity contribution in [3.8, 4) is 0 Å². The largest absolute Gasteiger partial charge is 0.387 e. The minimum atomic E-state index is -1.64. The molecule has 0 saturated heterocycles. The fraction of sp³-hybridized carbons (Fsp3) is 1.00. The second-order valence-corrected chi connectivity index (χ2v) is 2.94. The number of hydrogen-bond donors (Lipinski definition) is 6. The van der Waals surface area contributed by atoms with Crippen LogP contribution in [0.4, 0.5) is 0 Å². The number of aliphatic hydroxyl groups excluding tert-OH is 6. The van der Waals surface area contributed by atoms with E-state index in [2.05, 4.69) is 0 Å². The molecule has 0 unspecified atom stereocenters. The van der Waals surface area contributed by atoms with Gasteiger partial charge in [0.2, 0.25) is 0 Å². The van der Waals surface area contributed by atoms with E-state index in [4.69, 9.17) is 30.6 Å². The Hall–Kier alpha value is -0.240.